The molecule has 1 aromatic carbocycles. The molecule has 1 amide bonds. The highest BCUT2D eigenvalue weighted by atomic mass is 35.5. The number of hydrogen-bond donors (Lipinski definition) is 1. The molecule has 22 heavy (non-hydrogen) atoms. The molecule has 0 bridgehead atoms. The third-order valence-electron chi connectivity index (χ3n) is 2.46. The van der Waals surface area contributed by atoms with Gasteiger partial charge in [0.05, 0.1) is 4.92 Å². The number of carbonyl (C=O) groups excluding carboxylic acids is 1. The maximum absolute atomic E-state index is 12.1. The molecule has 2 rings (SSSR count). The lowest BCUT2D eigenvalue weighted by molar-refractivity contribution is -0.385. The van der Waals surface area contributed by atoms with Crippen molar-refractivity contribution in [3.63, 3.8) is 0 Å². The van der Waals surface area contributed by atoms with E-state index in [-0.39, 0.29) is 16.3 Å². The minimum Gasteiger partial charge on any atom is -0.296 e. The molecule has 1 heterocycles. The molecule has 0 aliphatic heterocycles. The van der Waals surface area contributed by atoms with Crippen molar-refractivity contribution < 1.29 is 9.72 Å². The van der Waals surface area contributed by atoms with Crippen molar-refractivity contribution in [3.05, 3.63) is 38.9 Å². The van der Waals surface area contributed by atoms with Gasteiger partial charge in [-0.2, -0.15) is 0 Å². The molecule has 0 spiro atoms. The van der Waals surface area contributed by atoms with E-state index in [1.54, 1.807) is 11.8 Å². The number of benzene rings is 1. The van der Waals surface area contributed by atoms with Crippen LogP contribution in [0.2, 0.25) is 5.02 Å². The van der Waals surface area contributed by atoms with Gasteiger partial charge in [0.15, 0.2) is 4.34 Å². The Morgan fingerprint density at radius 2 is 2.27 bits per heavy atom. The molecule has 1 aromatic heterocycles. The number of halogens is 1. The van der Waals surface area contributed by atoms with E-state index in [4.69, 9.17) is 11.6 Å². The van der Waals surface area contributed by atoms with Gasteiger partial charge in [-0.05, 0) is 18.6 Å². The van der Waals surface area contributed by atoms with E-state index in [2.05, 4.69) is 22.4 Å². The van der Waals surface area contributed by atoms with Gasteiger partial charge < -0.3 is 0 Å². The second-order valence-corrected chi connectivity index (χ2v) is 6.85. The highest BCUT2D eigenvalue weighted by Gasteiger charge is 2.21. The number of nitro groups is 1. The van der Waals surface area contributed by atoms with Crippen LogP contribution in [0.3, 0.4) is 0 Å². The zero-order valence-electron chi connectivity index (χ0n) is 11.4. The largest absolute Gasteiger partial charge is 0.296 e. The van der Waals surface area contributed by atoms with Gasteiger partial charge in [-0.15, -0.1) is 10.2 Å². The number of nitro benzene ring substituents is 1. The summed E-state index contributed by atoms with van der Waals surface area (Å²) in [5, 5.41) is 21.8. The van der Waals surface area contributed by atoms with Gasteiger partial charge >= 0.3 is 0 Å². The molecule has 116 valence electrons. The van der Waals surface area contributed by atoms with Crippen LogP contribution in [0.25, 0.3) is 0 Å². The first-order valence-corrected chi connectivity index (χ1v) is 8.41. The maximum atomic E-state index is 12.1. The minimum atomic E-state index is -0.649. The molecule has 7 nitrogen and oxygen atoms in total. The van der Waals surface area contributed by atoms with E-state index in [0.717, 1.165) is 22.6 Å². The fourth-order valence-electron chi connectivity index (χ4n) is 1.52. The first kappa shape index (κ1) is 16.7. The molecule has 0 unspecified atom stereocenters. The number of aromatic nitrogens is 2. The fraction of sp³-hybridized carbons (Fsp3) is 0.250. The smallest absolute Gasteiger partial charge is 0.283 e. The van der Waals surface area contributed by atoms with Crippen molar-refractivity contribution in [2.75, 3.05) is 11.1 Å². The second kappa shape index (κ2) is 7.52. The summed E-state index contributed by atoms with van der Waals surface area (Å²) >= 11 is 8.49. The molecule has 0 aliphatic carbocycles. The third kappa shape index (κ3) is 4.15. The highest BCUT2D eigenvalue weighted by molar-refractivity contribution is 8.01. The molecule has 0 saturated carbocycles. The molecule has 0 atom stereocenters. The Morgan fingerprint density at radius 1 is 1.50 bits per heavy atom. The van der Waals surface area contributed by atoms with Crippen molar-refractivity contribution in [3.8, 4) is 0 Å². The summed E-state index contributed by atoms with van der Waals surface area (Å²) in [6.07, 6.45) is 1.00. The average Bonchev–Trinajstić information content (AvgIpc) is 2.92. The molecule has 0 saturated heterocycles. The number of thioether (sulfide) groups is 1. The predicted octanol–water partition coefficient (Wildman–Crippen LogP) is 3.85. The van der Waals surface area contributed by atoms with Gasteiger partial charge in [-0.1, -0.05) is 41.6 Å². The Bertz CT molecular complexity index is 707. The highest BCUT2D eigenvalue weighted by Crippen LogP contribution is 2.28. The summed E-state index contributed by atoms with van der Waals surface area (Å²) < 4.78 is 0.739. The Labute approximate surface area is 139 Å². The summed E-state index contributed by atoms with van der Waals surface area (Å²) in [6.45, 7) is 2.05. The molecular weight excluding hydrogens is 348 g/mol. The summed E-state index contributed by atoms with van der Waals surface area (Å²) in [5.41, 5.74) is -0.428. The Kier molecular flexibility index (Phi) is 5.69. The van der Waals surface area contributed by atoms with Crippen LogP contribution in [0.4, 0.5) is 10.8 Å². The van der Waals surface area contributed by atoms with Crippen molar-refractivity contribution in [1.82, 2.24) is 10.2 Å². The van der Waals surface area contributed by atoms with E-state index in [1.165, 1.54) is 23.5 Å². The van der Waals surface area contributed by atoms with Crippen LogP contribution in [0.15, 0.2) is 22.5 Å². The molecule has 0 aliphatic rings. The van der Waals surface area contributed by atoms with Crippen LogP contribution in [0.5, 0.6) is 0 Å². The lowest BCUT2D eigenvalue weighted by Crippen LogP contribution is -2.13. The zero-order chi connectivity index (χ0) is 16.1. The third-order valence-corrected chi connectivity index (χ3v) is 4.87. The summed E-state index contributed by atoms with van der Waals surface area (Å²) in [7, 11) is 0. The molecule has 2 aromatic rings. The predicted molar refractivity (Wildman–Crippen MR) is 87.0 cm³/mol. The van der Waals surface area contributed by atoms with Crippen molar-refractivity contribution in [2.24, 2.45) is 0 Å². The van der Waals surface area contributed by atoms with Crippen molar-refractivity contribution >= 4 is 51.4 Å². The first-order chi connectivity index (χ1) is 10.5. The number of nitrogens with zero attached hydrogens (tertiary/aromatic N) is 3. The van der Waals surface area contributed by atoms with Crippen LogP contribution in [0, 0.1) is 10.1 Å². The molecule has 1 N–H and O–H groups in total. The monoisotopic (exact) mass is 358 g/mol. The van der Waals surface area contributed by atoms with Crippen molar-refractivity contribution in [1.29, 1.82) is 0 Å². The number of amides is 1. The van der Waals surface area contributed by atoms with Gasteiger partial charge in [-0.25, -0.2) is 0 Å². The van der Waals surface area contributed by atoms with E-state index < -0.39 is 10.8 Å². The van der Waals surface area contributed by atoms with Gasteiger partial charge in [0.1, 0.15) is 5.56 Å². The summed E-state index contributed by atoms with van der Waals surface area (Å²) in [5.74, 6) is 0.289. The molecule has 0 radical (unpaired) electrons. The Morgan fingerprint density at radius 3 is 2.95 bits per heavy atom. The Balaban J connectivity index is 2.15. The van der Waals surface area contributed by atoms with Crippen molar-refractivity contribution in [2.45, 2.75) is 17.7 Å². The zero-order valence-corrected chi connectivity index (χ0v) is 13.8. The van der Waals surface area contributed by atoms with Crippen LogP contribution < -0.4 is 5.32 Å². The number of anilines is 1. The number of carbonyl (C=O) groups is 1. The van der Waals surface area contributed by atoms with Gasteiger partial charge in [0.2, 0.25) is 5.13 Å². The van der Waals surface area contributed by atoms with E-state index >= 15 is 0 Å². The SMILES string of the molecule is CCCSc1nnc(NC(=O)c2ccc(Cl)cc2[N+](=O)[O-])s1. The lowest BCUT2D eigenvalue weighted by atomic mass is 10.1. The lowest BCUT2D eigenvalue weighted by Gasteiger charge is -2.02. The number of nitrogens with one attached hydrogen (secondary N) is 1. The average molecular weight is 359 g/mol. The van der Waals surface area contributed by atoms with Crippen LogP contribution in [-0.4, -0.2) is 26.8 Å². The van der Waals surface area contributed by atoms with E-state index in [9.17, 15) is 14.9 Å². The normalized spacial score (nSPS) is 10.5. The van der Waals surface area contributed by atoms with Gasteiger partial charge in [-0.3, -0.25) is 20.2 Å². The van der Waals surface area contributed by atoms with Gasteiger partial charge in [0, 0.05) is 16.8 Å². The second-order valence-electron chi connectivity index (χ2n) is 4.09. The summed E-state index contributed by atoms with van der Waals surface area (Å²) in [4.78, 5) is 22.5. The number of hydrogen-bond acceptors (Lipinski definition) is 7. The molecule has 10 heteroatoms. The van der Waals surface area contributed by atoms with Crippen LogP contribution in [-0.2, 0) is 0 Å². The first-order valence-electron chi connectivity index (χ1n) is 6.23. The molecular formula is C12H11ClN4O3S2. The topological polar surface area (TPSA) is 98.0 Å². The van der Waals surface area contributed by atoms with Crippen LogP contribution in [0.1, 0.15) is 23.7 Å². The van der Waals surface area contributed by atoms with Gasteiger partial charge in [0.25, 0.3) is 11.6 Å². The van der Waals surface area contributed by atoms with E-state index in [0.29, 0.717) is 5.13 Å². The number of rotatable bonds is 6. The quantitative estimate of drug-likeness (QED) is 0.364. The standard InChI is InChI=1S/C12H11ClN4O3S2/c1-2-5-21-12-16-15-11(22-12)14-10(18)8-4-3-7(13)6-9(8)17(19)20/h3-4,6H,2,5H2,1H3,(H,14,15,18). The Hall–Kier alpha value is -1.71. The maximum Gasteiger partial charge on any atom is 0.283 e. The minimum absolute atomic E-state index is 0.0765. The van der Waals surface area contributed by atoms with E-state index in [1.807, 2.05) is 0 Å². The fourth-order valence-corrected chi connectivity index (χ4v) is 3.36. The summed E-state index contributed by atoms with van der Waals surface area (Å²) in [6, 6.07) is 3.87. The van der Waals surface area contributed by atoms with Crippen LogP contribution >= 0.6 is 34.7 Å². The molecule has 0 fully saturated rings.